The molecule has 5 nitrogen and oxygen atoms in total. The predicted molar refractivity (Wildman–Crippen MR) is 69.1 cm³/mol. The molecule has 2 aromatic rings. The second-order valence-electron chi connectivity index (χ2n) is 3.75. The molecule has 0 aliphatic heterocycles. The van der Waals surface area contributed by atoms with Crippen LogP contribution in [0.15, 0.2) is 36.4 Å². The summed E-state index contributed by atoms with van der Waals surface area (Å²) in [6.07, 6.45) is 0.560. The van der Waals surface area contributed by atoms with Crippen LogP contribution in [0.25, 0.3) is 11.4 Å². The molecule has 0 spiro atoms. The van der Waals surface area contributed by atoms with Crippen molar-refractivity contribution in [2.75, 3.05) is 18.9 Å². The van der Waals surface area contributed by atoms with Crippen LogP contribution in [0.1, 0.15) is 6.42 Å². The lowest BCUT2D eigenvalue weighted by Crippen LogP contribution is -2.04. The largest absolute Gasteiger partial charge is 0.477 e. The first-order valence-corrected chi connectivity index (χ1v) is 5.73. The molecular formula is C13H15N3O2. The van der Waals surface area contributed by atoms with E-state index in [0.29, 0.717) is 30.5 Å². The molecule has 0 atom stereocenters. The average Bonchev–Trinajstić information content (AvgIpc) is 2.39. The number of nitrogens with zero attached hydrogens (tertiary/aromatic N) is 2. The fraction of sp³-hybridized carbons (Fsp3) is 0.231. The zero-order chi connectivity index (χ0) is 12.8. The Labute approximate surface area is 105 Å². The van der Waals surface area contributed by atoms with Gasteiger partial charge in [-0.25, -0.2) is 4.98 Å². The summed E-state index contributed by atoms with van der Waals surface area (Å²) in [5, 5.41) is 8.69. The van der Waals surface area contributed by atoms with Crippen LogP contribution in [0, 0.1) is 0 Å². The number of hydrogen-bond donors (Lipinski definition) is 2. The van der Waals surface area contributed by atoms with Gasteiger partial charge < -0.3 is 15.6 Å². The monoisotopic (exact) mass is 245 g/mol. The van der Waals surface area contributed by atoms with Crippen molar-refractivity contribution in [2.45, 2.75) is 6.42 Å². The van der Waals surface area contributed by atoms with E-state index in [-0.39, 0.29) is 6.61 Å². The van der Waals surface area contributed by atoms with Crippen molar-refractivity contribution in [3.63, 3.8) is 0 Å². The summed E-state index contributed by atoms with van der Waals surface area (Å²) in [4.78, 5) is 8.45. The normalized spacial score (nSPS) is 10.3. The fourth-order valence-corrected chi connectivity index (χ4v) is 1.47. The number of nitrogen functional groups attached to an aromatic ring is 1. The molecule has 5 heteroatoms. The number of aromatic nitrogens is 2. The van der Waals surface area contributed by atoms with Gasteiger partial charge in [0.1, 0.15) is 5.82 Å². The Morgan fingerprint density at radius 2 is 1.94 bits per heavy atom. The minimum absolute atomic E-state index is 0.0894. The highest BCUT2D eigenvalue weighted by Crippen LogP contribution is 2.19. The number of aliphatic hydroxyl groups excluding tert-OH is 1. The van der Waals surface area contributed by atoms with Gasteiger partial charge in [-0.05, 0) is 0 Å². The molecule has 1 aromatic carbocycles. The number of nitrogens with two attached hydrogens (primary N) is 1. The highest BCUT2D eigenvalue weighted by atomic mass is 16.5. The van der Waals surface area contributed by atoms with Gasteiger partial charge in [0.15, 0.2) is 5.82 Å². The Kier molecular flexibility index (Phi) is 4.09. The molecule has 1 heterocycles. The first-order valence-electron chi connectivity index (χ1n) is 5.73. The third-order valence-corrected chi connectivity index (χ3v) is 2.31. The Morgan fingerprint density at radius 1 is 1.17 bits per heavy atom. The molecule has 0 radical (unpaired) electrons. The van der Waals surface area contributed by atoms with Crippen molar-refractivity contribution < 1.29 is 9.84 Å². The molecular weight excluding hydrogens is 230 g/mol. The number of aliphatic hydroxyl groups is 1. The van der Waals surface area contributed by atoms with Crippen LogP contribution in [-0.4, -0.2) is 28.3 Å². The van der Waals surface area contributed by atoms with Gasteiger partial charge in [0, 0.05) is 24.7 Å². The maximum atomic E-state index is 8.69. The van der Waals surface area contributed by atoms with Crippen molar-refractivity contribution in [1.29, 1.82) is 0 Å². The number of ether oxygens (including phenoxy) is 1. The lowest BCUT2D eigenvalue weighted by molar-refractivity contribution is 0.229. The number of anilines is 1. The summed E-state index contributed by atoms with van der Waals surface area (Å²) in [7, 11) is 0. The quantitative estimate of drug-likeness (QED) is 0.780. The molecule has 0 aliphatic rings. The summed E-state index contributed by atoms with van der Waals surface area (Å²) in [6, 6.07) is 11.1. The highest BCUT2D eigenvalue weighted by molar-refractivity contribution is 5.57. The molecule has 0 amide bonds. The first-order chi connectivity index (χ1) is 8.79. The summed E-state index contributed by atoms with van der Waals surface area (Å²) < 4.78 is 5.40. The van der Waals surface area contributed by atoms with Gasteiger partial charge in [0.25, 0.3) is 0 Å². The van der Waals surface area contributed by atoms with Crippen molar-refractivity contribution in [3.05, 3.63) is 36.4 Å². The Balaban J connectivity index is 2.21. The molecule has 18 heavy (non-hydrogen) atoms. The maximum absolute atomic E-state index is 8.69. The van der Waals surface area contributed by atoms with E-state index >= 15 is 0 Å². The van der Waals surface area contributed by atoms with Gasteiger partial charge in [-0.3, -0.25) is 0 Å². The summed E-state index contributed by atoms with van der Waals surface area (Å²) >= 11 is 0. The standard InChI is InChI=1S/C13H15N3O2/c14-11-9-12(18-8-4-7-17)16-13(15-11)10-5-2-1-3-6-10/h1-3,5-6,9,17H,4,7-8H2,(H2,14,15,16). The summed E-state index contributed by atoms with van der Waals surface area (Å²) in [5.74, 6) is 1.33. The number of hydrogen-bond acceptors (Lipinski definition) is 5. The predicted octanol–water partition coefficient (Wildman–Crippen LogP) is 1.49. The zero-order valence-corrected chi connectivity index (χ0v) is 9.91. The van der Waals surface area contributed by atoms with Crippen molar-refractivity contribution >= 4 is 5.82 Å². The molecule has 0 aliphatic carbocycles. The van der Waals surface area contributed by atoms with Gasteiger partial charge in [-0.2, -0.15) is 4.98 Å². The van der Waals surface area contributed by atoms with Crippen molar-refractivity contribution in [1.82, 2.24) is 9.97 Å². The van der Waals surface area contributed by atoms with Crippen LogP contribution in [0.3, 0.4) is 0 Å². The van der Waals surface area contributed by atoms with Crippen molar-refractivity contribution in [2.24, 2.45) is 0 Å². The molecule has 0 saturated carbocycles. The summed E-state index contributed by atoms with van der Waals surface area (Å²) in [6.45, 7) is 0.493. The van der Waals surface area contributed by atoms with Crippen molar-refractivity contribution in [3.8, 4) is 17.3 Å². The minimum atomic E-state index is 0.0894. The molecule has 0 unspecified atom stereocenters. The topological polar surface area (TPSA) is 81.3 Å². The smallest absolute Gasteiger partial charge is 0.219 e. The average molecular weight is 245 g/mol. The lowest BCUT2D eigenvalue weighted by Gasteiger charge is -2.07. The molecule has 3 N–H and O–H groups in total. The van der Waals surface area contributed by atoms with Gasteiger partial charge in [0.2, 0.25) is 5.88 Å². The Morgan fingerprint density at radius 3 is 2.67 bits per heavy atom. The van der Waals surface area contributed by atoms with E-state index in [1.807, 2.05) is 30.3 Å². The molecule has 94 valence electrons. The van der Waals surface area contributed by atoms with Crippen LogP contribution in [0.5, 0.6) is 5.88 Å². The second kappa shape index (κ2) is 5.97. The van der Waals surface area contributed by atoms with Crippen LogP contribution in [-0.2, 0) is 0 Å². The second-order valence-corrected chi connectivity index (χ2v) is 3.75. The van der Waals surface area contributed by atoms with E-state index in [1.54, 1.807) is 6.07 Å². The SMILES string of the molecule is Nc1cc(OCCCO)nc(-c2ccccc2)n1. The van der Waals surface area contributed by atoms with E-state index in [2.05, 4.69) is 9.97 Å². The molecule has 0 fully saturated rings. The van der Waals surface area contributed by atoms with E-state index in [9.17, 15) is 0 Å². The maximum Gasteiger partial charge on any atom is 0.219 e. The van der Waals surface area contributed by atoms with Gasteiger partial charge >= 0.3 is 0 Å². The highest BCUT2D eigenvalue weighted by Gasteiger charge is 2.05. The van der Waals surface area contributed by atoms with Gasteiger partial charge in [-0.15, -0.1) is 0 Å². The van der Waals surface area contributed by atoms with E-state index in [1.165, 1.54) is 0 Å². The fourth-order valence-electron chi connectivity index (χ4n) is 1.47. The van der Waals surface area contributed by atoms with E-state index in [0.717, 1.165) is 5.56 Å². The third kappa shape index (κ3) is 3.18. The Hall–Kier alpha value is -2.14. The lowest BCUT2D eigenvalue weighted by atomic mass is 10.2. The Bertz CT molecular complexity index is 503. The number of rotatable bonds is 5. The first kappa shape index (κ1) is 12.3. The van der Waals surface area contributed by atoms with Crippen LogP contribution < -0.4 is 10.5 Å². The summed E-state index contributed by atoms with van der Waals surface area (Å²) in [5.41, 5.74) is 6.61. The van der Waals surface area contributed by atoms with Crippen LogP contribution in [0.4, 0.5) is 5.82 Å². The third-order valence-electron chi connectivity index (χ3n) is 2.31. The molecule has 1 aromatic heterocycles. The van der Waals surface area contributed by atoms with E-state index in [4.69, 9.17) is 15.6 Å². The van der Waals surface area contributed by atoms with Gasteiger partial charge in [-0.1, -0.05) is 30.3 Å². The molecule has 0 bridgehead atoms. The van der Waals surface area contributed by atoms with Crippen LogP contribution in [0.2, 0.25) is 0 Å². The number of benzene rings is 1. The molecule has 2 rings (SSSR count). The molecule has 0 saturated heterocycles. The van der Waals surface area contributed by atoms with E-state index < -0.39 is 0 Å². The van der Waals surface area contributed by atoms with Gasteiger partial charge in [0.05, 0.1) is 6.61 Å². The minimum Gasteiger partial charge on any atom is -0.477 e. The van der Waals surface area contributed by atoms with Crippen LogP contribution >= 0.6 is 0 Å². The zero-order valence-electron chi connectivity index (χ0n) is 9.91.